The number of fused-ring (bicyclic) bond motifs is 3. The second kappa shape index (κ2) is 10.2. The van der Waals surface area contributed by atoms with E-state index in [1.54, 1.807) is 5.56 Å². The Hall–Kier alpha value is 0.391. The predicted molar refractivity (Wildman–Crippen MR) is 115 cm³/mol. The number of hydrogen-bond acceptors (Lipinski definition) is 1. The van der Waals surface area contributed by atoms with Gasteiger partial charge in [0, 0.05) is 0 Å². The van der Waals surface area contributed by atoms with Crippen LogP contribution in [0.2, 0.25) is 18.6 Å². The van der Waals surface area contributed by atoms with Crippen LogP contribution in [0.4, 0.5) is 0 Å². The monoisotopic (exact) mass is 444 g/mol. The van der Waals surface area contributed by atoms with Crippen LogP contribution in [-0.4, -0.2) is 39.0 Å². The Labute approximate surface area is 177 Å². The average Bonchev–Trinajstić information content (AvgIpc) is 3.08. The topological polar surface area (TPSA) is 17.3 Å². The van der Waals surface area contributed by atoms with Gasteiger partial charge < -0.3 is 17.3 Å². The van der Waals surface area contributed by atoms with Crippen molar-refractivity contribution >= 4 is 32.9 Å². The molecule has 4 rings (SSSR count). The Morgan fingerprint density at radius 2 is 1.77 bits per heavy atom. The fourth-order valence-electron chi connectivity index (χ4n) is 5.11. The fraction of sp³-hybridized carbons (Fsp3) is 0.550. The van der Waals surface area contributed by atoms with Crippen LogP contribution in [0.25, 0.3) is 11.4 Å². The molecule has 3 aliphatic rings. The van der Waals surface area contributed by atoms with Gasteiger partial charge in [0.1, 0.15) is 8.24 Å². The molecule has 0 radical (unpaired) electrons. The van der Waals surface area contributed by atoms with E-state index < -0.39 is 25.3 Å². The van der Waals surface area contributed by atoms with Gasteiger partial charge in [-0.2, -0.15) is 0 Å². The van der Waals surface area contributed by atoms with Gasteiger partial charge in [-0.1, -0.05) is 55.9 Å². The molecular formula is C20H30Cl2N2SiTi-2. The zero-order chi connectivity index (χ0) is 17.9. The second-order valence-corrected chi connectivity index (χ2v) is 15.0. The first kappa shape index (κ1) is 22.7. The minimum atomic E-state index is -1.38. The van der Waals surface area contributed by atoms with E-state index in [0.717, 1.165) is 30.5 Å². The molecule has 0 N–H and O–H groups in total. The molecule has 0 spiro atoms. The Morgan fingerprint density at radius 1 is 1.12 bits per heavy atom. The molecule has 1 aliphatic heterocycles. The molecule has 1 aromatic carbocycles. The van der Waals surface area contributed by atoms with Crippen molar-refractivity contribution < 1.29 is 17.0 Å². The average molecular weight is 445 g/mol. The second-order valence-electron chi connectivity index (χ2n) is 7.74. The van der Waals surface area contributed by atoms with Crippen molar-refractivity contribution in [3.05, 3.63) is 54.2 Å². The summed E-state index contributed by atoms with van der Waals surface area (Å²) in [4.78, 5) is 0. The summed E-state index contributed by atoms with van der Waals surface area (Å²) in [7, 11) is 8.40. The van der Waals surface area contributed by atoms with E-state index >= 15 is 0 Å². The van der Waals surface area contributed by atoms with Gasteiger partial charge in [-0.25, -0.2) is 0 Å². The number of allylic oxidation sites excluding steroid dienone is 1. The summed E-state index contributed by atoms with van der Waals surface area (Å²) in [6, 6.07) is 9.04. The molecule has 6 heteroatoms. The van der Waals surface area contributed by atoms with E-state index in [1.807, 2.05) is 0 Å². The molecule has 0 bridgehead atoms. The maximum absolute atomic E-state index is 4.89. The molecule has 144 valence electrons. The third kappa shape index (κ3) is 4.68. The summed E-state index contributed by atoms with van der Waals surface area (Å²) in [6.07, 6.45) is 7.74. The summed E-state index contributed by atoms with van der Waals surface area (Å²) in [6.45, 7) is 9.73. The van der Waals surface area contributed by atoms with Gasteiger partial charge in [0.15, 0.2) is 0 Å². The van der Waals surface area contributed by atoms with Crippen LogP contribution < -0.4 is 0 Å². The molecule has 0 amide bonds. The first-order valence-corrected chi connectivity index (χ1v) is 16.5. The molecule has 1 aromatic rings. The minimum absolute atomic E-state index is 0. The third-order valence-corrected chi connectivity index (χ3v) is 11.0. The molecule has 2 aliphatic carbocycles. The van der Waals surface area contributed by atoms with E-state index in [0.29, 0.717) is 0 Å². The Bertz CT molecular complexity index is 605. The standard InChI is InChI=1S/C19H27N2Si.CH3.2ClH.Ti/c1-22(2,21-13-11-20-12-14-21)19-10-9-17-16-6-4-3-5-15(16)7-8-18(17)19;;;;/h3-8,17-19H,9-14H2,1-2H3;1H3;2*1H;/q2*-1;;;+2/p-2. The van der Waals surface area contributed by atoms with Crippen molar-refractivity contribution in [1.82, 2.24) is 4.57 Å². The summed E-state index contributed by atoms with van der Waals surface area (Å²) in [5.74, 6) is 1.54. The number of halogens is 2. The summed E-state index contributed by atoms with van der Waals surface area (Å²) >= 11 is -0.556. The molecular weight excluding hydrogens is 415 g/mol. The zero-order valence-electron chi connectivity index (χ0n) is 16.1. The van der Waals surface area contributed by atoms with Crippen LogP contribution in [0.15, 0.2) is 30.3 Å². The number of nitrogens with zero attached hydrogens (tertiary/aromatic N) is 2. The maximum atomic E-state index is 4.89. The van der Waals surface area contributed by atoms with Gasteiger partial charge in [0.25, 0.3) is 0 Å². The van der Waals surface area contributed by atoms with E-state index in [2.05, 4.69) is 59.4 Å². The van der Waals surface area contributed by atoms with Crippen molar-refractivity contribution in [2.45, 2.75) is 37.4 Å². The van der Waals surface area contributed by atoms with Gasteiger partial charge in [-0.3, -0.25) is 0 Å². The van der Waals surface area contributed by atoms with E-state index in [-0.39, 0.29) is 7.43 Å². The molecule has 1 heterocycles. The van der Waals surface area contributed by atoms with Crippen molar-refractivity contribution in [2.75, 3.05) is 26.2 Å². The van der Waals surface area contributed by atoms with E-state index in [1.165, 1.54) is 31.5 Å². The fourth-order valence-corrected chi connectivity index (χ4v) is 9.09. The third-order valence-electron chi connectivity index (χ3n) is 6.39. The SMILES string of the molecule is C[Si](C)(C1CCC2c3ccccc3C=CC21)N1CC[N-]CC1.[CH3-].[Cl][Ti][Cl]. The first-order valence-electron chi connectivity index (χ1n) is 9.21. The molecule has 3 unspecified atom stereocenters. The van der Waals surface area contributed by atoms with Gasteiger partial charge in [-0.15, -0.1) is 13.1 Å². The number of rotatable bonds is 2. The summed E-state index contributed by atoms with van der Waals surface area (Å²) in [5.41, 5.74) is 3.97. The van der Waals surface area contributed by atoms with Gasteiger partial charge in [0.2, 0.25) is 0 Å². The van der Waals surface area contributed by atoms with Crippen molar-refractivity contribution in [3.8, 4) is 0 Å². The molecule has 3 atom stereocenters. The van der Waals surface area contributed by atoms with Gasteiger partial charge >= 0.3 is 35.6 Å². The molecule has 26 heavy (non-hydrogen) atoms. The number of hydrogen-bond donors (Lipinski definition) is 0. The normalized spacial score (nSPS) is 27.5. The van der Waals surface area contributed by atoms with Crippen LogP contribution in [0.1, 0.15) is 29.9 Å². The zero-order valence-corrected chi connectivity index (χ0v) is 20.2. The number of piperazine rings is 1. The molecule has 1 saturated carbocycles. The quantitative estimate of drug-likeness (QED) is 0.386. The molecule has 1 saturated heterocycles. The summed E-state index contributed by atoms with van der Waals surface area (Å²) in [5, 5.41) is 4.55. The molecule has 2 nitrogen and oxygen atoms in total. The van der Waals surface area contributed by atoms with Crippen LogP contribution in [-0.2, 0) is 17.0 Å². The van der Waals surface area contributed by atoms with E-state index in [9.17, 15) is 0 Å². The predicted octanol–water partition coefficient (Wildman–Crippen LogP) is 6.30. The Balaban J connectivity index is 0.000000570. The Kier molecular flexibility index (Phi) is 8.94. The Morgan fingerprint density at radius 3 is 2.46 bits per heavy atom. The van der Waals surface area contributed by atoms with Crippen LogP contribution in [0.5, 0.6) is 0 Å². The van der Waals surface area contributed by atoms with Gasteiger partial charge in [0.05, 0.1) is 0 Å². The van der Waals surface area contributed by atoms with Crippen molar-refractivity contribution in [3.63, 3.8) is 0 Å². The molecule has 2 fully saturated rings. The summed E-state index contributed by atoms with van der Waals surface area (Å²) < 4.78 is 2.83. The van der Waals surface area contributed by atoms with Crippen molar-refractivity contribution in [2.24, 2.45) is 5.92 Å². The first-order chi connectivity index (χ1) is 12.1. The van der Waals surface area contributed by atoms with Crippen LogP contribution >= 0.6 is 18.6 Å². The van der Waals surface area contributed by atoms with Crippen LogP contribution in [0.3, 0.4) is 0 Å². The van der Waals surface area contributed by atoms with E-state index in [4.69, 9.17) is 18.6 Å². The van der Waals surface area contributed by atoms with Crippen LogP contribution in [0, 0.1) is 13.3 Å². The number of benzene rings is 1. The van der Waals surface area contributed by atoms with Crippen molar-refractivity contribution in [1.29, 1.82) is 0 Å². The molecule has 0 aromatic heterocycles. The van der Waals surface area contributed by atoms with Gasteiger partial charge in [-0.05, 0) is 48.0 Å².